The lowest BCUT2D eigenvalue weighted by molar-refractivity contribution is 0.0277. The molecule has 0 fully saturated rings. The number of amides is 3. The maximum Gasteiger partial charge on any atom is 0.412 e. The fourth-order valence-electron chi connectivity index (χ4n) is 3.50. The summed E-state index contributed by atoms with van der Waals surface area (Å²) in [7, 11) is 1.50. The molecule has 0 radical (unpaired) electrons. The number of anilines is 1. The van der Waals surface area contributed by atoms with Crippen molar-refractivity contribution in [2.24, 2.45) is 0 Å². The summed E-state index contributed by atoms with van der Waals surface area (Å²) in [5.74, 6) is -0.738. The molecular formula is C25H27ClF2N4O4. The van der Waals surface area contributed by atoms with Crippen molar-refractivity contribution < 1.29 is 28.2 Å². The van der Waals surface area contributed by atoms with Gasteiger partial charge in [-0.2, -0.15) is 0 Å². The van der Waals surface area contributed by atoms with Gasteiger partial charge in [0.1, 0.15) is 24.1 Å². The SMILES string of the molecule is CN(C(=O)NCc1ccc(F)cc1Cl)[C@H](COC(=O)Nc1cc2cc(F)ccc2cn1)CC(C)(C)O. The first-order chi connectivity index (χ1) is 16.9. The van der Waals surface area contributed by atoms with Gasteiger partial charge in [-0.25, -0.2) is 23.4 Å². The largest absolute Gasteiger partial charge is 0.447 e. The third kappa shape index (κ3) is 7.76. The van der Waals surface area contributed by atoms with Gasteiger partial charge in [-0.05, 0) is 67.6 Å². The molecule has 192 valence electrons. The van der Waals surface area contributed by atoms with Crippen molar-refractivity contribution in [3.8, 4) is 0 Å². The van der Waals surface area contributed by atoms with Gasteiger partial charge in [0.15, 0.2) is 0 Å². The first kappa shape index (κ1) is 27.1. The van der Waals surface area contributed by atoms with E-state index >= 15 is 0 Å². The smallest absolute Gasteiger partial charge is 0.412 e. The Balaban J connectivity index is 1.61. The van der Waals surface area contributed by atoms with Gasteiger partial charge in [-0.1, -0.05) is 17.7 Å². The number of urea groups is 1. The lowest BCUT2D eigenvalue weighted by atomic mass is 9.99. The van der Waals surface area contributed by atoms with Crippen molar-refractivity contribution >= 4 is 40.3 Å². The zero-order chi connectivity index (χ0) is 26.5. The number of carbonyl (C=O) groups is 2. The summed E-state index contributed by atoms with van der Waals surface area (Å²) < 4.78 is 32.0. The van der Waals surface area contributed by atoms with Gasteiger partial charge in [0, 0.05) is 30.2 Å². The van der Waals surface area contributed by atoms with E-state index in [0.717, 1.165) is 6.07 Å². The van der Waals surface area contributed by atoms with E-state index < -0.39 is 35.4 Å². The van der Waals surface area contributed by atoms with Gasteiger partial charge in [0.05, 0.1) is 11.6 Å². The molecule has 0 saturated carbocycles. The summed E-state index contributed by atoms with van der Waals surface area (Å²) in [5.41, 5.74) is -0.638. The molecule has 1 aromatic heterocycles. The number of ether oxygens (including phenoxy) is 1. The molecule has 1 atom stereocenters. The van der Waals surface area contributed by atoms with Gasteiger partial charge in [0.25, 0.3) is 0 Å². The average molecular weight is 521 g/mol. The molecule has 2 aromatic carbocycles. The number of carbonyl (C=O) groups excluding carboxylic acids is 2. The molecule has 8 nitrogen and oxygen atoms in total. The second-order valence-corrected chi connectivity index (χ2v) is 9.37. The van der Waals surface area contributed by atoms with E-state index in [-0.39, 0.29) is 30.4 Å². The minimum absolute atomic E-state index is 0.0487. The van der Waals surface area contributed by atoms with Crippen molar-refractivity contribution in [1.29, 1.82) is 0 Å². The van der Waals surface area contributed by atoms with Crippen LogP contribution >= 0.6 is 11.6 Å². The maximum atomic E-state index is 13.5. The van der Waals surface area contributed by atoms with E-state index in [2.05, 4.69) is 15.6 Å². The van der Waals surface area contributed by atoms with Crippen LogP contribution in [0.4, 0.5) is 24.2 Å². The number of likely N-dealkylation sites (N-methyl/N-ethyl adjacent to an activating group) is 1. The first-order valence-corrected chi connectivity index (χ1v) is 11.4. The Bertz CT molecular complexity index is 1250. The zero-order valence-corrected chi connectivity index (χ0v) is 20.8. The highest BCUT2D eigenvalue weighted by atomic mass is 35.5. The summed E-state index contributed by atoms with van der Waals surface area (Å²) in [6.45, 7) is 2.97. The Morgan fingerprint density at radius 3 is 2.53 bits per heavy atom. The molecular weight excluding hydrogens is 494 g/mol. The highest BCUT2D eigenvalue weighted by Crippen LogP contribution is 2.20. The first-order valence-electron chi connectivity index (χ1n) is 11.1. The second-order valence-electron chi connectivity index (χ2n) is 8.96. The maximum absolute atomic E-state index is 13.5. The lowest BCUT2D eigenvalue weighted by Crippen LogP contribution is -2.48. The minimum Gasteiger partial charge on any atom is -0.447 e. The van der Waals surface area contributed by atoms with Gasteiger partial charge in [0.2, 0.25) is 0 Å². The van der Waals surface area contributed by atoms with Crippen molar-refractivity contribution in [2.75, 3.05) is 19.0 Å². The van der Waals surface area contributed by atoms with Crippen LogP contribution < -0.4 is 10.6 Å². The number of aromatic nitrogens is 1. The van der Waals surface area contributed by atoms with Crippen molar-refractivity contribution in [3.63, 3.8) is 0 Å². The summed E-state index contributed by atoms with van der Waals surface area (Å²) in [4.78, 5) is 30.5. The number of hydrogen-bond acceptors (Lipinski definition) is 5. The molecule has 0 aliphatic carbocycles. The van der Waals surface area contributed by atoms with Crippen LogP contribution in [0.25, 0.3) is 10.8 Å². The number of hydrogen-bond donors (Lipinski definition) is 3. The van der Waals surface area contributed by atoms with Crippen LogP contribution in [0.3, 0.4) is 0 Å². The van der Waals surface area contributed by atoms with Crippen LogP contribution in [0.5, 0.6) is 0 Å². The van der Waals surface area contributed by atoms with Gasteiger partial charge < -0.3 is 20.1 Å². The Morgan fingerprint density at radius 2 is 1.83 bits per heavy atom. The number of benzene rings is 2. The zero-order valence-electron chi connectivity index (χ0n) is 20.0. The molecule has 0 aliphatic heterocycles. The summed E-state index contributed by atoms with van der Waals surface area (Å²) in [5, 5.41) is 16.9. The number of halogens is 3. The molecule has 3 N–H and O–H groups in total. The number of nitrogens with one attached hydrogen (secondary N) is 2. The molecule has 3 aromatic rings. The van der Waals surface area contributed by atoms with E-state index in [1.54, 1.807) is 19.9 Å². The molecule has 0 saturated heterocycles. The van der Waals surface area contributed by atoms with E-state index in [1.807, 2.05) is 0 Å². The number of pyridine rings is 1. The van der Waals surface area contributed by atoms with E-state index in [4.69, 9.17) is 16.3 Å². The molecule has 0 spiro atoms. The van der Waals surface area contributed by atoms with Crippen LogP contribution in [0, 0.1) is 11.6 Å². The van der Waals surface area contributed by atoms with Crippen molar-refractivity contribution in [1.82, 2.24) is 15.2 Å². The highest BCUT2D eigenvalue weighted by Gasteiger charge is 2.28. The standard InChI is InChI=1S/C25H27ClF2N4O4/c1-25(2,35)11-20(32(3)23(33)30-13-16-5-7-19(28)10-21(16)26)14-36-24(34)31-22-9-17-8-18(27)6-4-15(17)12-29-22/h4-10,12,20,35H,11,13-14H2,1-3H3,(H,30,33)(H,29,31,34)/t20-/m0/s1. The fourth-order valence-corrected chi connectivity index (χ4v) is 3.74. The monoisotopic (exact) mass is 520 g/mol. The molecule has 1 heterocycles. The molecule has 11 heteroatoms. The Labute approximate surface area is 212 Å². The third-order valence-corrected chi connectivity index (χ3v) is 5.72. The van der Waals surface area contributed by atoms with Crippen molar-refractivity contribution in [3.05, 3.63) is 70.9 Å². The quantitative estimate of drug-likeness (QED) is 0.384. The summed E-state index contributed by atoms with van der Waals surface area (Å²) in [6, 6.07) is 8.38. The van der Waals surface area contributed by atoms with Gasteiger partial charge in [-0.15, -0.1) is 0 Å². The molecule has 36 heavy (non-hydrogen) atoms. The Hall–Kier alpha value is -3.50. The topological polar surface area (TPSA) is 104 Å². The Morgan fingerprint density at radius 1 is 1.14 bits per heavy atom. The fraction of sp³-hybridized carbons (Fsp3) is 0.320. The van der Waals surface area contributed by atoms with Crippen LogP contribution in [0.2, 0.25) is 5.02 Å². The molecule has 0 bridgehead atoms. The Kier molecular flexibility index (Phi) is 8.65. The second kappa shape index (κ2) is 11.5. The molecule has 3 rings (SSSR count). The summed E-state index contributed by atoms with van der Waals surface area (Å²) in [6.07, 6.45) is 0.771. The highest BCUT2D eigenvalue weighted by molar-refractivity contribution is 6.31. The van der Waals surface area contributed by atoms with E-state index in [1.165, 1.54) is 48.5 Å². The number of rotatable bonds is 8. The average Bonchev–Trinajstić information content (AvgIpc) is 2.79. The van der Waals surface area contributed by atoms with E-state index in [9.17, 15) is 23.5 Å². The number of nitrogens with zero attached hydrogens (tertiary/aromatic N) is 2. The van der Waals surface area contributed by atoms with Crippen LogP contribution in [-0.2, 0) is 11.3 Å². The predicted octanol–water partition coefficient (Wildman–Crippen LogP) is 5.09. The molecule has 0 aliphatic rings. The number of aliphatic hydroxyl groups is 1. The summed E-state index contributed by atoms with van der Waals surface area (Å²) >= 11 is 6.01. The van der Waals surface area contributed by atoms with Crippen LogP contribution in [0.1, 0.15) is 25.8 Å². The minimum atomic E-state index is -1.16. The predicted molar refractivity (Wildman–Crippen MR) is 133 cm³/mol. The van der Waals surface area contributed by atoms with Crippen molar-refractivity contribution in [2.45, 2.75) is 38.5 Å². The van der Waals surface area contributed by atoms with Gasteiger partial charge in [-0.3, -0.25) is 5.32 Å². The normalized spacial score (nSPS) is 12.2. The van der Waals surface area contributed by atoms with Gasteiger partial charge >= 0.3 is 12.1 Å². The molecule has 3 amide bonds. The number of fused-ring (bicyclic) bond motifs is 1. The van der Waals surface area contributed by atoms with Crippen LogP contribution in [-0.4, -0.2) is 52.4 Å². The molecule has 0 unspecified atom stereocenters. The van der Waals surface area contributed by atoms with Crippen LogP contribution in [0.15, 0.2) is 48.7 Å². The lowest BCUT2D eigenvalue weighted by Gasteiger charge is -2.32. The van der Waals surface area contributed by atoms with E-state index in [0.29, 0.717) is 16.3 Å². The third-order valence-electron chi connectivity index (χ3n) is 5.37.